The lowest BCUT2D eigenvalue weighted by Gasteiger charge is -2.17. The van der Waals surface area contributed by atoms with Crippen LogP contribution in [0.25, 0.3) is 33.3 Å². The molecule has 0 radical (unpaired) electrons. The van der Waals surface area contributed by atoms with Crippen molar-refractivity contribution < 1.29 is 9.53 Å². The highest BCUT2D eigenvalue weighted by molar-refractivity contribution is 6.04. The summed E-state index contributed by atoms with van der Waals surface area (Å²) in [6.45, 7) is 0. The van der Waals surface area contributed by atoms with Crippen LogP contribution >= 0.6 is 0 Å². The van der Waals surface area contributed by atoms with E-state index in [0.717, 1.165) is 27.5 Å². The smallest absolute Gasteiger partial charge is 0.229 e. The maximum Gasteiger partial charge on any atom is 0.229 e. The number of carbonyl (C=O) groups is 1. The summed E-state index contributed by atoms with van der Waals surface area (Å²) in [7, 11) is 5.26. The van der Waals surface area contributed by atoms with E-state index in [1.165, 1.54) is 0 Å². The van der Waals surface area contributed by atoms with Gasteiger partial charge in [0.2, 0.25) is 5.91 Å². The molecule has 0 aliphatic heterocycles. The summed E-state index contributed by atoms with van der Waals surface area (Å²) in [6, 6.07) is 7.79. The SMILES string of the molecule is CNc1ncc(-c2cccc(-c3ncn(C)n3)c2OC)c2cc(C3(C(N)=O)CC3)ncc12. The van der Waals surface area contributed by atoms with Gasteiger partial charge in [-0.2, -0.15) is 5.10 Å². The second-order valence-corrected chi connectivity index (χ2v) is 7.96. The van der Waals surface area contributed by atoms with E-state index in [4.69, 9.17) is 10.5 Å². The van der Waals surface area contributed by atoms with Crippen molar-refractivity contribution in [2.75, 3.05) is 19.5 Å². The zero-order valence-corrected chi connectivity index (χ0v) is 18.1. The number of pyridine rings is 2. The summed E-state index contributed by atoms with van der Waals surface area (Å²) in [6.07, 6.45) is 6.63. The number of aryl methyl sites for hydroxylation is 1. The number of para-hydroxylation sites is 1. The number of nitrogens with two attached hydrogens (primary N) is 1. The Kier molecular flexibility index (Phi) is 4.54. The minimum Gasteiger partial charge on any atom is -0.495 e. The molecular formula is C23H23N7O2. The van der Waals surface area contributed by atoms with Crippen LogP contribution in [-0.2, 0) is 17.3 Å². The Labute approximate surface area is 184 Å². The molecule has 0 unspecified atom stereocenters. The van der Waals surface area contributed by atoms with Gasteiger partial charge in [-0.05, 0) is 30.4 Å². The van der Waals surface area contributed by atoms with Crippen molar-refractivity contribution >= 4 is 22.5 Å². The monoisotopic (exact) mass is 429 g/mol. The highest BCUT2D eigenvalue weighted by atomic mass is 16.5. The van der Waals surface area contributed by atoms with Gasteiger partial charge in [-0.3, -0.25) is 14.5 Å². The van der Waals surface area contributed by atoms with E-state index in [9.17, 15) is 4.79 Å². The molecule has 162 valence electrons. The Bertz CT molecular complexity index is 1360. The van der Waals surface area contributed by atoms with Gasteiger partial charge in [-0.1, -0.05) is 12.1 Å². The Balaban J connectivity index is 1.77. The van der Waals surface area contributed by atoms with E-state index in [2.05, 4.69) is 25.4 Å². The molecule has 1 fully saturated rings. The molecule has 1 aliphatic rings. The largest absolute Gasteiger partial charge is 0.495 e. The van der Waals surface area contributed by atoms with E-state index in [-0.39, 0.29) is 5.91 Å². The summed E-state index contributed by atoms with van der Waals surface area (Å²) >= 11 is 0. The second-order valence-electron chi connectivity index (χ2n) is 7.96. The number of hydrogen-bond donors (Lipinski definition) is 2. The van der Waals surface area contributed by atoms with Crippen molar-refractivity contribution in [2.45, 2.75) is 18.3 Å². The summed E-state index contributed by atoms with van der Waals surface area (Å²) in [5, 5.41) is 9.30. The van der Waals surface area contributed by atoms with E-state index >= 15 is 0 Å². The van der Waals surface area contributed by atoms with Gasteiger partial charge in [-0.15, -0.1) is 0 Å². The topological polar surface area (TPSA) is 121 Å². The Morgan fingerprint density at radius 1 is 1.12 bits per heavy atom. The molecule has 3 heterocycles. The Morgan fingerprint density at radius 2 is 1.91 bits per heavy atom. The zero-order valence-electron chi connectivity index (χ0n) is 18.1. The number of hydrogen-bond acceptors (Lipinski definition) is 7. The summed E-state index contributed by atoms with van der Waals surface area (Å²) < 4.78 is 7.48. The first-order valence-corrected chi connectivity index (χ1v) is 10.3. The summed E-state index contributed by atoms with van der Waals surface area (Å²) in [5.74, 6) is 1.58. The highest BCUT2D eigenvalue weighted by Gasteiger charge is 2.51. The first-order chi connectivity index (χ1) is 15.5. The third-order valence-corrected chi connectivity index (χ3v) is 6.07. The first-order valence-electron chi connectivity index (χ1n) is 10.3. The van der Waals surface area contributed by atoms with Crippen LogP contribution in [-0.4, -0.2) is 44.8 Å². The predicted molar refractivity (Wildman–Crippen MR) is 121 cm³/mol. The number of primary amides is 1. The van der Waals surface area contributed by atoms with E-state index in [1.54, 1.807) is 30.5 Å². The lowest BCUT2D eigenvalue weighted by Crippen LogP contribution is -2.29. The molecule has 32 heavy (non-hydrogen) atoms. The number of rotatable bonds is 6. The van der Waals surface area contributed by atoms with Crippen molar-refractivity contribution in [3.63, 3.8) is 0 Å². The molecule has 3 aromatic heterocycles. The fourth-order valence-corrected chi connectivity index (χ4v) is 4.17. The van der Waals surface area contributed by atoms with Gasteiger partial charge >= 0.3 is 0 Å². The van der Waals surface area contributed by atoms with Gasteiger partial charge < -0.3 is 15.8 Å². The number of anilines is 1. The van der Waals surface area contributed by atoms with Gasteiger partial charge in [0, 0.05) is 43.0 Å². The van der Waals surface area contributed by atoms with Gasteiger partial charge in [-0.25, -0.2) is 9.97 Å². The molecular weight excluding hydrogens is 406 g/mol. The van der Waals surface area contributed by atoms with Crippen molar-refractivity contribution in [2.24, 2.45) is 12.8 Å². The lowest BCUT2D eigenvalue weighted by molar-refractivity contribution is -0.120. The Hall–Kier alpha value is -4.01. The second kappa shape index (κ2) is 7.30. The van der Waals surface area contributed by atoms with Crippen LogP contribution in [0.15, 0.2) is 43.0 Å². The van der Waals surface area contributed by atoms with Gasteiger partial charge in [0.1, 0.15) is 17.9 Å². The van der Waals surface area contributed by atoms with Crippen LogP contribution in [0.1, 0.15) is 18.5 Å². The van der Waals surface area contributed by atoms with Gasteiger partial charge in [0.05, 0.1) is 23.8 Å². The summed E-state index contributed by atoms with van der Waals surface area (Å²) in [4.78, 5) is 25.7. The van der Waals surface area contributed by atoms with E-state index in [1.807, 2.05) is 38.4 Å². The zero-order chi connectivity index (χ0) is 22.5. The molecule has 0 saturated heterocycles. The molecule has 3 N–H and O–H groups in total. The number of methoxy groups -OCH3 is 1. The highest BCUT2D eigenvalue weighted by Crippen LogP contribution is 2.49. The molecule has 1 aliphatic carbocycles. The third-order valence-electron chi connectivity index (χ3n) is 6.07. The quantitative estimate of drug-likeness (QED) is 0.483. The third kappa shape index (κ3) is 2.96. The van der Waals surface area contributed by atoms with Crippen LogP contribution in [0.3, 0.4) is 0 Å². The minimum atomic E-state index is -0.682. The average Bonchev–Trinajstić information content (AvgIpc) is 3.52. The van der Waals surface area contributed by atoms with Crippen LogP contribution in [0.5, 0.6) is 5.75 Å². The number of amides is 1. The van der Waals surface area contributed by atoms with Crippen molar-refractivity contribution in [1.82, 2.24) is 24.7 Å². The number of nitrogens with zero attached hydrogens (tertiary/aromatic N) is 5. The molecule has 4 aromatic rings. The number of benzene rings is 1. The van der Waals surface area contributed by atoms with Gasteiger partial charge in [0.25, 0.3) is 0 Å². The molecule has 0 atom stereocenters. The Morgan fingerprint density at radius 3 is 2.53 bits per heavy atom. The molecule has 0 spiro atoms. The van der Waals surface area contributed by atoms with E-state index in [0.29, 0.717) is 35.9 Å². The number of aromatic nitrogens is 5. The minimum absolute atomic E-state index is 0.338. The van der Waals surface area contributed by atoms with E-state index < -0.39 is 5.41 Å². The van der Waals surface area contributed by atoms with Crippen molar-refractivity contribution in [3.05, 3.63) is 48.7 Å². The standard InChI is InChI=1S/C23H23N7O2/c1-25-20-17-11-26-18(23(7-8-23)22(24)31)9-15(17)16(10-27-20)13-5-4-6-14(19(13)32-3)21-28-12-30(2)29-21/h4-6,9-12H,7-8H2,1-3H3,(H2,24,31)(H,25,27). The first kappa shape index (κ1) is 19.9. The van der Waals surface area contributed by atoms with Crippen LogP contribution in [0, 0.1) is 0 Å². The summed E-state index contributed by atoms with van der Waals surface area (Å²) in [5.41, 5.74) is 8.20. The van der Waals surface area contributed by atoms with Gasteiger partial charge in [0.15, 0.2) is 5.82 Å². The fourth-order valence-electron chi connectivity index (χ4n) is 4.17. The molecule has 9 nitrogen and oxygen atoms in total. The predicted octanol–water partition coefficient (Wildman–Crippen LogP) is 2.66. The molecule has 1 saturated carbocycles. The van der Waals surface area contributed by atoms with Crippen molar-refractivity contribution in [3.8, 4) is 28.3 Å². The maximum absolute atomic E-state index is 12.1. The number of ether oxygens (including phenoxy) is 1. The molecule has 1 aromatic carbocycles. The molecule has 1 amide bonds. The number of fused-ring (bicyclic) bond motifs is 1. The fraction of sp³-hybridized carbons (Fsp3) is 0.261. The maximum atomic E-state index is 12.1. The number of nitrogens with one attached hydrogen (secondary N) is 1. The number of carbonyl (C=O) groups excluding carboxylic acids is 1. The lowest BCUT2D eigenvalue weighted by atomic mass is 9.94. The molecule has 5 rings (SSSR count). The van der Waals surface area contributed by atoms with Crippen LogP contribution in [0.2, 0.25) is 0 Å². The van der Waals surface area contributed by atoms with Crippen LogP contribution < -0.4 is 15.8 Å². The molecule has 9 heteroatoms. The normalized spacial score (nSPS) is 14.3. The average molecular weight is 429 g/mol. The van der Waals surface area contributed by atoms with Crippen LogP contribution in [0.4, 0.5) is 5.82 Å². The molecule has 0 bridgehead atoms. The van der Waals surface area contributed by atoms with Crippen molar-refractivity contribution in [1.29, 1.82) is 0 Å².